The van der Waals surface area contributed by atoms with Crippen LogP contribution in [0.1, 0.15) is 94.4 Å². The highest BCUT2D eigenvalue weighted by atomic mass is 32.2. The Kier molecular flexibility index (Phi) is 9.67. The summed E-state index contributed by atoms with van der Waals surface area (Å²) in [6.07, 6.45) is 1.51. The summed E-state index contributed by atoms with van der Waals surface area (Å²) in [5, 5.41) is 0. The molecule has 2 aliphatic rings. The predicted octanol–water partition coefficient (Wildman–Crippen LogP) is 7.13. The number of fused-ring (bicyclic) bond motifs is 1. The van der Waals surface area contributed by atoms with Gasteiger partial charge in [-0.1, -0.05) is 84.0 Å². The van der Waals surface area contributed by atoms with Crippen LogP contribution in [0.2, 0.25) is 0 Å². The second-order valence-electron chi connectivity index (χ2n) is 10.8. The van der Waals surface area contributed by atoms with E-state index in [-0.39, 0.29) is 28.5 Å². The quantitative estimate of drug-likeness (QED) is 0.211. The lowest BCUT2D eigenvalue weighted by Crippen LogP contribution is -2.24. The minimum absolute atomic E-state index is 0.00319. The van der Waals surface area contributed by atoms with E-state index in [1.807, 2.05) is 70.2 Å². The lowest BCUT2D eigenvalue weighted by Gasteiger charge is -2.25. The van der Waals surface area contributed by atoms with Crippen molar-refractivity contribution in [1.29, 1.82) is 0 Å². The molecule has 1 unspecified atom stereocenters. The topological polar surface area (TPSA) is 86.6 Å². The maximum Gasteiger partial charge on any atom is 0.341 e. The van der Waals surface area contributed by atoms with Crippen LogP contribution in [0, 0.1) is 0 Å². The Hall–Kier alpha value is -2.49. The first-order valence-electron chi connectivity index (χ1n) is 13.7. The first kappa shape index (κ1) is 29.5. The Bertz CT molecular complexity index is 1350. The van der Waals surface area contributed by atoms with Gasteiger partial charge in [0.25, 0.3) is 5.88 Å². The summed E-state index contributed by atoms with van der Waals surface area (Å²) in [6.45, 7) is 13.7. The summed E-state index contributed by atoms with van der Waals surface area (Å²) >= 11 is 0. The van der Waals surface area contributed by atoms with E-state index in [2.05, 4.69) is 18.2 Å². The number of rotatable bonds is 11. The molecule has 0 bridgehead atoms. The molecule has 39 heavy (non-hydrogen) atoms. The third-order valence-corrected chi connectivity index (χ3v) is 9.39. The van der Waals surface area contributed by atoms with Gasteiger partial charge in [-0.05, 0) is 52.8 Å². The van der Waals surface area contributed by atoms with E-state index >= 15 is 0 Å². The smallest absolute Gasteiger partial charge is 0.341 e. The van der Waals surface area contributed by atoms with Gasteiger partial charge in [-0.2, -0.15) is 12.8 Å². The minimum Gasteiger partial charge on any atom is -0.486 e. The Morgan fingerprint density at radius 1 is 0.974 bits per heavy atom. The molecule has 0 aromatic heterocycles. The number of benzene rings is 2. The molecule has 1 saturated heterocycles. The summed E-state index contributed by atoms with van der Waals surface area (Å²) in [5.41, 5.74) is 4.45. The van der Waals surface area contributed by atoms with Crippen LogP contribution in [-0.2, 0) is 41.3 Å². The average molecular weight is 573 g/mol. The molecule has 2 aromatic carbocycles. The van der Waals surface area contributed by atoms with Gasteiger partial charge >= 0.3 is 10.1 Å². The Morgan fingerprint density at radius 3 is 2.26 bits per heavy atom. The number of ether oxygens (including phenoxy) is 2. The van der Waals surface area contributed by atoms with Crippen LogP contribution in [0.25, 0.3) is 0 Å². The van der Waals surface area contributed by atoms with E-state index in [0.717, 1.165) is 34.4 Å². The van der Waals surface area contributed by atoms with Crippen molar-refractivity contribution in [2.75, 3.05) is 19.0 Å². The van der Waals surface area contributed by atoms with Gasteiger partial charge in [0, 0.05) is 16.6 Å². The summed E-state index contributed by atoms with van der Waals surface area (Å²) in [4.78, 5) is 0.242. The second-order valence-corrected chi connectivity index (χ2v) is 13.8. The molecule has 1 atom stereocenters. The molecule has 2 heterocycles. The zero-order chi connectivity index (χ0) is 28.2. The van der Waals surface area contributed by atoms with E-state index in [9.17, 15) is 8.42 Å². The molecule has 4 rings (SSSR count). The summed E-state index contributed by atoms with van der Waals surface area (Å²) in [7, 11) is -5.02. The van der Waals surface area contributed by atoms with Crippen LogP contribution in [0.5, 0.6) is 0 Å². The fourth-order valence-corrected chi connectivity index (χ4v) is 7.38. The van der Waals surface area contributed by atoms with Crippen LogP contribution in [0.15, 0.2) is 67.8 Å². The highest BCUT2D eigenvalue weighted by Gasteiger charge is 2.33. The average Bonchev–Trinajstić information content (AvgIpc) is 2.90. The van der Waals surface area contributed by atoms with Crippen molar-refractivity contribution in [2.45, 2.75) is 83.6 Å². The lowest BCUT2D eigenvalue weighted by molar-refractivity contribution is 0.136. The number of nitrogens with zero attached hydrogens (tertiary/aromatic N) is 2. The Balaban J connectivity index is 1.64. The minimum atomic E-state index is -4.20. The maximum atomic E-state index is 14.0. The largest absolute Gasteiger partial charge is 0.486 e. The van der Waals surface area contributed by atoms with Gasteiger partial charge in [-0.25, -0.2) is 4.40 Å². The molecule has 0 amide bonds. The molecule has 2 aliphatic heterocycles. The molecule has 0 N–H and O–H groups in total. The molecule has 0 radical (unpaired) electrons. The number of allylic oxidation sites excluding steroid dienone is 1. The molecule has 7 nitrogen and oxygen atoms in total. The van der Waals surface area contributed by atoms with Crippen molar-refractivity contribution in [3.8, 4) is 0 Å². The van der Waals surface area contributed by atoms with Gasteiger partial charge in [0.2, 0.25) is 5.76 Å². The van der Waals surface area contributed by atoms with E-state index in [1.165, 1.54) is 0 Å². The second kappa shape index (κ2) is 12.8. The molecular formula is C30H40N2O5S2. The van der Waals surface area contributed by atoms with Crippen LogP contribution in [-0.4, -0.2) is 33.1 Å². The molecule has 0 spiro atoms. The molecule has 9 heteroatoms. The predicted molar refractivity (Wildman–Crippen MR) is 157 cm³/mol. The van der Waals surface area contributed by atoms with E-state index in [1.54, 1.807) is 0 Å². The normalized spacial score (nSPS) is 17.7. The molecule has 0 aliphatic carbocycles. The highest BCUT2D eigenvalue weighted by molar-refractivity contribution is 7.87. The van der Waals surface area contributed by atoms with Crippen LogP contribution >= 0.6 is 0 Å². The van der Waals surface area contributed by atoms with Crippen molar-refractivity contribution >= 4 is 26.7 Å². The first-order chi connectivity index (χ1) is 18.6. The van der Waals surface area contributed by atoms with Gasteiger partial charge in [-0.3, -0.25) is 0 Å². The SMILES string of the molecule is CC(C)c1cc(C(C)C)c(S(=O)(=O)OC2=C3OCCCC3=NS(CCOCc3ccccc3)=N2)c(C(C)C)c1. The van der Waals surface area contributed by atoms with E-state index < -0.39 is 21.0 Å². The van der Waals surface area contributed by atoms with Crippen molar-refractivity contribution in [1.82, 2.24) is 0 Å². The third-order valence-electron chi connectivity index (χ3n) is 6.70. The molecule has 2 aromatic rings. The van der Waals surface area contributed by atoms with E-state index in [0.29, 0.717) is 37.8 Å². The van der Waals surface area contributed by atoms with Crippen LogP contribution < -0.4 is 0 Å². The van der Waals surface area contributed by atoms with Gasteiger partial charge in [-0.15, -0.1) is 0 Å². The first-order valence-corrected chi connectivity index (χ1v) is 16.4. The van der Waals surface area contributed by atoms with Gasteiger partial charge in [0.1, 0.15) is 4.90 Å². The zero-order valence-electron chi connectivity index (χ0n) is 23.8. The molecule has 0 saturated carbocycles. The summed E-state index contributed by atoms with van der Waals surface area (Å²) < 4.78 is 55.0. The Labute approximate surface area is 236 Å². The maximum absolute atomic E-state index is 14.0. The molecule has 212 valence electrons. The van der Waals surface area contributed by atoms with Gasteiger partial charge < -0.3 is 13.7 Å². The van der Waals surface area contributed by atoms with Gasteiger partial charge in [0.05, 0.1) is 25.5 Å². The fourth-order valence-electron chi connectivity index (χ4n) is 4.53. The lowest BCUT2D eigenvalue weighted by atomic mass is 9.89. The van der Waals surface area contributed by atoms with E-state index in [4.69, 9.17) is 18.1 Å². The monoisotopic (exact) mass is 572 g/mol. The van der Waals surface area contributed by atoms with Crippen molar-refractivity contribution < 1.29 is 22.1 Å². The molecular weight excluding hydrogens is 532 g/mol. The third kappa shape index (κ3) is 7.18. The number of hydrogen-bond acceptors (Lipinski definition) is 7. The van der Waals surface area contributed by atoms with Crippen molar-refractivity contribution in [3.05, 3.63) is 76.4 Å². The summed E-state index contributed by atoms with van der Waals surface area (Å²) in [6, 6.07) is 14.0. The Morgan fingerprint density at radius 2 is 1.64 bits per heavy atom. The summed E-state index contributed by atoms with van der Waals surface area (Å²) in [5.74, 6) is 1.15. The standard InChI is InChI=1S/C30H40N2O5S2/c1-20(2)24-17-25(21(3)4)29(26(18-24)22(5)6)39(33,34)37-30-28-27(13-10-14-36-28)31-38(32-30)16-15-35-19-23-11-8-7-9-12-23/h7-9,11-12,17-18,20-22H,10,13-16,19H2,1-6H3. The highest BCUT2D eigenvalue weighted by Crippen LogP contribution is 2.37. The van der Waals surface area contributed by atoms with Gasteiger partial charge in [0.15, 0.2) is 0 Å². The zero-order valence-corrected chi connectivity index (χ0v) is 25.4. The van der Waals surface area contributed by atoms with Crippen LogP contribution in [0.3, 0.4) is 0 Å². The fraction of sp³-hybridized carbons (Fsp3) is 0.500. The van der Waals surface area contributed by atoms with Crippen molar-refractivity contribution in [3.63, 3.8) is 0 Å². The number of hydrogen-bond donors (Lipinski definition) is 0. The van der Waals surface area contributed by atoms with Crippen molar-refractivity contribution in [2.24, 2.45) is 8.76 Å². The molecule has 1 fully saturated rings. The van der Waals surface area contributed by atoms with Crippen LogP contribution in [0.4, 0.5) is 0 Å².